The van der Waals surface area contributed by atoms with Gasteiger partial charge in [0.25, 0.3) is 0 Å². The minimum atomic E-state index is -3.56. The van der Waals surface area contributed by atoms with Gasteiger partial charge >= 0.3 is 0 Å². The summed E-state index contributed by atoms with van der Waals surface area (Å²) < 4.78 is 26.9. The lowest BCUT2D eigenvalue weighted by atomic mass is 10.3. The Balaban J connectivity index is 2.28. The van der Waals surface area contributed by atoms with E-state index in [2.05, 4.69) is 4.72 Å². The molecule has 0 aromatic heterocycles. The van der Waals surface area contributed by atoms with Gasteiger partial charge in [0.05, 0.1) is 10.0 Å². The van der Waals surface area contributed by atoms with Gasteiger partial charge in [0.1, 0.15) is 4.90 Å². The summed E-state index contributed by atoms with van der Waals surface area (Å²) in [4.78, 5) is 0.0542. The van der Waals surface area contributed by atoms with Crippen LogP contribution in [0.3, 0.4) is 0 Å². The number of nitrogens with one attached hydrogen (secondary N) is 1. The van der Waals surface area contributed by atoms with Crippen molar-refractivity contribution in [3.8, 4) is 0 Å². The Morgan fingerprint density at radius 1 is 1.18 bits per heavy atom. The highest BCUT2D eigenvalue weighted by Crippen LogP contribution is 2.29. The molecule has 1 fully saturated rings. The normalized spacial score (nSPS) is 17.5. The lowest BCUT2D eigenvalue weighted by Gasteiger charge is -2.13. The van der Waals surface area contributed by atoms with E-state index in [4.69, 9.17) is 23.2 Å². The van der Waals surface area contributed by atoms with Crippen LogP contribution in [0.15, 0.2) is 23.1 Å². The number of rotatable bonds is 3. The Hall–Kier alpha value is -0.290. The van der Waals surface area contributed by atoms with Gasteiger partial charge in [0, 0.05) is 6.04 Å². The van der Waals surface area contributed by atoms with Crippen molar-refractivity contribution in [3.05, 3.63) is 28.2 Å². The van der Waals surface area contributed by atoms with Gasteiger partial charge in [-0.3, -0.25) is 0 Å². The maximum absolute atomic E-state index is 12.1. The van der Waals surface area contributed by atoms with Crippen LogP contribution < -0.4 is 4.72 Å². The minimum Gasteiger partial charge on any atom is -0.208 e. The molecule has 0 radical (unpaired) electrons. The quantitative estimate of drug-likeness (QED) is 0.930. The van der Waals surface area contributed by atoms with Crippen LogP contribution in [0, 0.1) is 0 Å². The van der Waals surface area contributed by atoms with E-state index in [9.17, 15) is 8.42 Å². The lowest BCUT2D eigenvalue weighted by molar-refractivity contribution is 0.552. The zero-order valence-corrected chi connectivity index (χ0v) is 11.4. The van der Waals surface area contributed by atoms with Crippen molar-refractivity contribution in [2.45, 2.75) is 36.6 Å². The zero-order chi connectivity index (χ0) is 12.5. The van der Waals surface area contributed by atoms with E-state index in [1.54, 1.807) is 12.1 Å². The summed E-state index contributed by atoms with van der Waals surface area (Å²) in [5.41, 5.74) is 0. The third-order valence-electron chi connectivity index (χ3n) is 2.88. The molecule has 94 valence electrons. The predicted octanol–water partition coefficient (Wildman–Crippen LogP) is 3.21. The van der Waals surface area contributed by atoms with Crippen LogP contribution in [0.2, 0.25) is 10.0 Å². The standard InChI is InChI=1S/C11H13Cl2NO2S/c12-9-6-3-7-10(11(9)13)17(15,16)14-8-4-1-2-5-8/h3,6-8,14H,1-2,4-5H2. The van der Waals surface area contributed by atoms with E-state index in [1.807, 2.05) is 0 Å². The second-order valence-electron chi connectivity index (χ2n) is 4.15. The molecular weight excluding hydrogens is 281 g/mol. The highest BCUT2D eigenvalue weighted by molar-refractivity contribution is 7.89. The molecule has 1 aromatic carbocycles. The van der Waals surface area contributed by atoms with E-state index in [-0.39, 0.29) is 21.0 Å². The first-order valence-electron chi connectivity index (χ1n) is 5.47. The molecule has 0 saturated heterocycles. The molecule has 0 aliphatic heterocycles. The van der Waals surface area contributed by atoms with Gasteiger partial charge in [-0.1, -0.05) is 42.1 Å². The second kappa shape index (κ2) is 5.14. The van der Waals surface area contributed by atoms with Crippen molar-refractivity contribution in [2.24, 2.45) is 0 Å². The maximum Gasteiger partial charge on any atom is 0.242 e. The van der Waals surface area contributed by atoms with E-state index in [0.29, 0.717) is 0 Å². The fourth-order valence-electron chi connectivity index (χ4n) is 2.02. The zero-order valence-electron chi connectivity index (χ0n) is 9.12. The van der Waals surface area contributed by atoms with E-state index < -0.39 is 10.0 Å². The van der Waals surface area contributed by atoms with Crippen LogP contribution in [0.4, 0.5) is 0 Å². The molecule has 0 heterocycles. The summed E-state index contributed by atoms with van der Waals surface area (Å²) in [6, 6.07) is 4.64. The number of hydrogen-bond donors (Lipinski definition) is 1. The van der Waals surface area contributed by atoms with Crippen molar-refractivity contribution in [3.63, 3.8) is 0 Å². The molecule has 1 N–H and O–H groups in total. The molecule has 1 aliphatic carbocycles. The largest absolute Gasteiger partial charge is 0.242 e. The Morgan fingerprint density at radius 3 is 2.47 bits per heavy atom. The molecule has 1 saturated carbocycles. The number of hydrogen-bond acceptors (Lipinski definition) is 2. The highest BCUT2D eigenvalue weighted by atomic mass is 35.5. The van der Waals surface area contributed by atoms with Gasteiger partial charge in [0.2, 0.25) is 10.0 Å². The average Bonchev–Trinajstić information content (AvgIpc) is 2.73. The smallest absolute Gasteiger partial charge is 0.208 e. The maximum atomic E-state index is 12.1. The fraction of sp³-hybridized carbons (Fsp3) is 0.455. The molecule has 1 aromatic rings. The first kappa shape index (κ1) is 13.1. The first-order valence-corrected chi connectivity index (χ1v) is 7.71. The molecule has 3 nitrogen and oxygen atoms in total. The van der Waals surface area contributed by atoms with Crippen LogP contribution in [0.1, 0.15) is 25.7 Å². The van der Waals surface area contributed by atoms with Crippen molar-refractivity contribution < 1.29 is 8.42 Å². The van der Waals surface area contributed by atoms with Gasteiger partial charge in [-0.15, -0.1) is 0 Å². The first-order chi connectivity index (χ1) is 8.00. The Morgan fingerprint density at radius 2 is 1.82 bits per heavy atom. The van der Waals surface area contributed by atoms with Crippen LogP contribution in [-0.2, 0) is 10.0 Å². The minimum absolute atomic E-state index is 0.0232. The summed E-state index contributed by atoms with van der Waals surface area (Å²) >= 11 is 11.7. The monoisotopic (exact) mass is 293 g/mol. The summed E-state index contributed by atoms with van der Waals surface area (Å²) in [5, 5.41) is 0.334. The summed E-state index contributed by atoms with van der Waals surface area (Å²) in [5.74, 6) is 0. The molecular formula is C11H13Cl2NO2S. The molecule has 2 rings (SSSR count). The van der Waals surface area contributed by atoms with Gasteiger partial charge < -0.3 is 0 Å². The van der Waals surface area contributed by atoms with Crippen LogP contribution in [-0.4, -0.2) is 14.5 Å². The molecule has 0 atom stereocenters. The molecule has 0 amide bonds. The van der Waals surface area contributed by atoms with E-state index in [0.717, 1.165) is 25.7 Å². The van der Waals surface area contributed by atoms with Gasteiger partial charge in [-0.25, -0.2) is 13.1 Å². The summed E-state index contributed by atoms with van der Waals surface area (Å²) in [7, 11) is -3.56. The van der Waals surface area contributed by atoms with E-state index in [1.165, 1.54) is 6.07 Å². The molecule has 0 spiro atoms. The van der Waals surface area contributed by atoms with Crippen LogP contribution in [0.25, 0.3) is 0 Å². The Kier molecular flexibility index (Phi) is 3.98. The van der Waals surface area contributed by atoms with Crippen LogP contribution in [0.5, 0.6) is 0 Å². The van der Waals surface area contributed by atoms with Crippen molar-refractivity contribution >= 4 is 33.2 Å². The number of benzene rings is 1. The predicted molar refractivity (Wildman–Crippen MR) is 69.0 cm³/mol. The van der Waals surface area contributed by atoms with Gasteiger partial charge in [-0.05, 0) is 25.0 Å². The summed E-state index contributed by atoms with van der Waals surface area (Å²) in [6.45, 7) is 0. The molecule has 6 heteroatoms. The number of halogens is 2. The van der Waals surface area contributed by atoms with Crippen LogP contribution >= 0.6 is 23.2 Å². The number of sulfonamides is 1. The molecule has 1 aliphatic rings. The topological polar surface area (TPSA) is 46.2 Å². The highest BCUT2D eigenvalue weighted by Gasteiger charge is 2.25. The third kappa shape index (κ3) is 2.94. The Labute approximate surface area is 111 Å². The van der Waals surface area contributed by atoms with Gasteiger partial charge in [0.15, 0.2) is 0 Å². The van der Waals surface area contributed by atoms with Crippen molar-refractivity contribution in [2.75, 3.05) is 0 Å². The SMILES string of the molecule is O=S(=O)(NC1CCCC1)c1cccc(Cl)c1Cl. The average molecular weight is 294 g/mol. The van der Waals surface area contributed by atoms with Crippen molar-refractivity contribution in [1.82, 2.24) is 4.72 Å². The second-order valence-corrected chi connectivity index (χ2v) is 6.62. The molecule has 0 bridgehead atoms. The third-order valence-corrected chi connectivity index (χ3v) is 5.38. The van der Waals surface area contributed by atoms with Crippen molar-refractivity contribution in [1.29, 1.82) is 0 Å². The summed E-state index contributed by atoms with van der Waals surface area (Å²) in [6.07, 6.45) is 3.90. The molecule has 17 heavy (non-hydrogen) atoms. The Bertz CT molecular complexity index is 510. The fourth-order valence-corrected chi connectivity index (χ4v) is 4.08. The lowest BCUT2D eigenvalue weighted by Crippen LogP contribution is -2.32. The van der Waals surface area contributed by atoms with E-state index >= 15 is 0 Å². The van der Waals surface area contributed by atoms with Gasteiger partial charge in [-0.2, -0.15) is 0 Å². The molecule has 0 unspecified atom stereocenters.